The normalized spacial score (nSPS) is 10.9. The van der Waals surface area contributed by atoms with Gasteiger partial charge in [0.1, 0.15) is 17.0 Å². The van der Waals surface area contributed by atoms with Crippen molar-refractivity contribution in [2.45, 2.75) is 26.7 Å². The second-order valence-electron chi connectivity index (χ2n) is 5.79. The summed E-state index contributed by atoms with van der Waals surface area (Å²) in [5.74, 6) is -0.0160. The smallest absolute Gasteiger partial charge is 0.303 e. The monoisotopic (exact) mass is 341 g/mol. The van der Waals surface area contributed by atoms with Crippen LogP contribution in [0.2, 0.25) is 0 Å². The Labute approximate surface area is 144 Å². The van der Waals surface area contributed by atoms with Crippen LogP contribution in [0.3, 0.4) is 0 Å². The van der Waals surface area contributed by atoms with Crippen LogP contribution in [0, 0.1) is 13.8 Å². The first kappa shape index (κ1) is 16.4. The fourth-order valence-electron chi connectivity index (χ4n) is 2.77. The maximum atomic E-state index is 10.6. The topological polar surface area (TPSA) is 75.1 Å². The van der Waals surface area contributed by atoms with Crippen molar-refractivity contribution in [2.24, 2.45) is 0 Å². The van der Waals surface area contributed by atoms with Crippen molar-refractivity contribution >= 4 is 33.3 Å². The van der Waals surface area contributed by atoms with Gasteiger partial charge in [0.25, 0.3) is 0 Å². The summed E-state index contributed by atoms with van der Waals surface area (Å²) < 4.78 is 0. The van der Waals surface area contributed by atoms with Gasteiger partial charge in [0.2, 0.25) is 0 Å². The molecule has 6 heteroatoms. The first-order chi connectivity index (χ1) is 11.6. The number of nitrogens with zero attached hydrogens (tertiary/aromatic N) is 2. The second kappa shape index (κ2) is 6.97. The van der Waals surface area contributed by atoms with Crippen LogP contribution in [0.1, 0.15) is 24.0 Å². The van der Waals surface area contributed by atoms with Gasteiger partial charge < -0.3 is 10.4 Å². The molecule has 0 fully saturated rings. The molecule has 2 heterocycles. The third-order valence-corrected chi connectivity index (χ3v) is 4.79. The van der Waals surface area contributed by atoms with E-state index in [9.17, 15) is 4.79 Å². The lowest BCUT2D eigenvalue weighted by atomic mass is 9.99. The van der Waals surface area contributed by atoms with E-state index in [4.69, 9.17) is 5.11 Å². The van der Waals surface area contributed by atoms with Crippen molar-refractivity contribution in [2.75, 3.05) is 11.9 Å². The van der Waals surface area contributed by atoms with Gasteiger partial charge >= 0.3 is 5.97 Å². The van der Waals surface area contributed by atoms with E-state index in [1.807, 2.05) is 0 Å². The standard InChI is InChI=1S/C18H19N3O2S/c1-11-5-6-13(12(2)8-11)14-9-24-18-16(14)17(20-10-21-18)19-7-3-4-15(22)23/h5-6,8-10H,3-4,7H2,1-2H3,(H,22,23)(H,19,20,21). The maximum Gasteiger partial charge on any atom is 0.303 e. The van der Waals surface area contributed by atoms with E-state index in [-0.39, 0.29) is 6.42 Å². The quantitative estimate of drug-likeness (QED) is 0.656. The van der Waals surface area contributed by atoms with Crippen LogP contribution in [0.4, 0.5) is 5.82 Å². The number of nitrogens with one attached hydrogen (secondary N) is 1. The molecule has 2 aromatic heterocycles. The van der Waals surface area contributed by atoms with Gasteiger partial charge in [-0.1, -0.05) is 23.8 Å². The van der Waals surface area contributed by atoms with Crippen molar-refractivity contribution in [3.05, 3.63) is 41.0 Å². The fourth-order valence-corrected chi connectivity index (χ4v) is 3.68. The molecule has 124 valence electrons. The highest BCUT2D eigenvalue weighted by atomic mass is 32.1. The predicted molar refractivity (Wildman–Crippen MR) is 97.7 cm³/mol. The summed E-state index contributed by atoms with van der Waals surface area (Å²) >= 11 is 1.59. The van der Waals surface area contributed by atoms with Gasteiger partial charge in [0.15, 0.2) is 0 Å². The van der Waals surface area contributed by atoms with E-state index < -0.39 is 5.97 Å². The molecule has 0 bridgehead atoms. The number of hydrogen-bond acceptors (Lipinski definition) is 5. The summed E-state index contributed by atoms with van der Waals surface area (Å²) in [6.07, 6.45) is 2.25. The maximum absolute atomic E-state index is 10.6. The number of benzene rings is 1. The molecule has 0 amide bonds. The number of fused-ring (bicyclic) bond motifs is 1. The first-order valence-corrected chi connectivity index (χ1v) is 8.69. The highest BCUT2D eigenvalue weighted by molar-refractivity contribution is 7.17. The van der Waals surface area contributed by atoms with E-state index in [0.29, 0.717) is 13.0 Å². The van der Waals surface area contributed by atoms with Crippen molar-refractivity contribution < 1.29 is 9.90 Å². The van der Waals surface area contributed by atoms with Gasteiger partial charge in [-0.25, -0.2) is 9.97 Å². The number of aromatic nitrogens is 2. The number of aliphatic carboxylic acids is 1. The SMILES string of the molecule is Cc1ccc(-c2csc3ncnc(NCCCC(=O)O)c23)c(C)c1. The molecule has 0 atom stereocenters. The van der Waals surface area contributed by atoms with Gasteiger partial charge in [-0.2, -0.15) is 0 Å². The van der Waals surface area contributed by atoms with Gasteiger partial charge in [-0.15, -0.1) is 11.3 Å². The number of carboxylic acids is 1. The molecule has 3 aromatic rings. The Kier molecular flexibility index (Phi) is 4.76. The van der Waals surface area contributed by atoms with Crippen molar-refractivity contribution in [1.29, 1.82) is 0 Å². The average molecular weight is 341 g/mol. The molecule has 5 nitrogen and oxygen atoms in total. The van der Waals surface area contributed by atoms with Crippen LogP contribution in [0.25, 0.3) is 21.3 Å². The molecule has 3 rings (SSSR count). The molecule has 0 spiro atoms. The Bertz CT molecular complexity index is 889. The van der Waals surface area contributed by atoms with Gasteiger partial charge in [-0.3, -0.25) is 4.79 Å². The average Bonchev–Trinajstić information content (AvgIpc) is 2.96. The van der Waals surface area contributed by atoms with E-state index in [1.54, 1.807) is 17.7 Å². The zero-order chi connectivity index (χ0) is 17.1. The van der Waals surface area contributed by atoms with E-state index >= 15 is 0 Å². The summed E-state index contributed by atoms with van der Waals surface area (Å²) in [4.78, 5) is 20.3. The first-order valence-electron chi connectivity index (χ1n) is 7.81. The number of hydrogen-bond donors (Lipinski definition) is 2. The van der Waals surface area contributed by atoms with Crippen molar-refractivity contribution in [1.82, 2.24) is 9.97 Å². The minimum Gasteiger partial charge on any atom is -0.481 e. The molecule has 0 saturated heterocycles. The predicted octanol–water partition coefficient (Wildman–Crippen LogP) is 4.25. The largest absolute Gasteiger partial charge is 0.481 e. The number of aryl methyl sites for hydroxylation is 2. The summed E-state index contributed by atoms with van der Waals surface area (Å²) in [5, 5.41) is 15.1. The van der Waals surface area contributed by atoms with Crippen LogP contribution in [0.15, 0.2) is 29.9 Å². The lowest BCUT2D eigenvalue weighted by Crippen LogP contribution is -2.06. The van der Waals surface area contributed by atoms with Crippen LogP contribution < -0.4 is 5.32 Å². The summed E-state index contributed by atoms with van der Waals surface area (Å²) in [7, 11) is 0. The summed E-state index contributed by atoms with van der Waals surface area (Å²) in [6.45, 7) is 4.76. The molecule has 0 radical (unpaired) electrons. The molecular formula is C18H19N3O2S. The van der Waals surface area contributed by atoms with E-state index in [0.717, 1.165) is 21.6 Å². The van der Waals surface area contributed by atoms with Gasteiger partial charge in [-0.05, 0) is 31.4 Å². The summed E-state index contributed by atoms with van der Waals surface area (Å²) in [5.41, 5.74) is 4.75. The molecule has 0 saturated carbocycles. The van der Waals surface area contributed by atoms with Crippen LogP contribution in [-0.4, -0.2) is 27.6 Å². The Hall–Kier alpha value is -2.47. The molecule has 0 aliphatic heterocycles. The number of thiophene rings is 1. The van der Waals surface area contributed by atoms with Crippen LogP contribution in [0.5, 0.6) is 0 Å². The Balaban J connectivity index is 1.96. The number of rotatable bonds is 6. The molecule has 24 heavy (non-hydrogen) atoms. The van der Waals surface area contributed by atoms with Crippen molar-refractivity contribution in [3.8, 4) is 11.1 Å². The number of anilines is 1. The third kappa shape index (κ3) is 3.38. The Morgan fingerprint density at radius 2 is 2.08 bits per heavy atom. The molecule has 0 aliphatic carbocycles. The minimum atomic E-state index is -0.781. The van der Waals surface area contributed by atoms with E-state index in [2.05, 4.69) is 52.7 Å². The van der Waals surface area contributed by atoms with Crippen LogP contribution in [-0.2, 0) is 4.79 Å². The van der Waals surface area contributed by atoms with Gasteiger partial charge in [0.05, 0.1) is 5.39 Å². The Morgan fingerprint density at radius 1 is 1.25 bits per heavy atom. The lowest BCUT2D eigenvalue weighted by Gasteiger charge is -2.10. The van der Waals surface area contributed by atoms with E-state index in [1.165, 1.54) is 16.7 Å². The molecular weight excluding hydrogens is 322 g/mol. The zero-order valence-corrected chi connectivity index (χ0v) is 14.5. The molecule has 2 N–H and O–H groups in total. The minimum absolute atomic E-state index is 0.148. The summed E-state index contributed by atoms with van der Waals surface area (Å²) in [6, 6.07) is 6.41. The third-order valence-electron chi connectivity index (χ3n) is 3.90. The molecule has 0 unspecified atom stereocenters. The number of carbonyl (C=O) groups is 1. The van der Waals surface area contributed by atoms with Gasteiger partial charge in [0, 0.05) is 23.9 Å². The van der Waals surface area contributed by atoms with Crippen molar-refractivity contribution in [3.63, 3.8) is 0 Å². The number of carboxylic acid groups (broad SMARTS) is 1. The fraction of sp³-hybridized carbons (Fsp3) is 0.278. The second-order valence-corrected chi connectivity index (χ2v) is 6.65. The lowest BCUT2D eigenvalue weighted by molar-refractivity contribution is -0.137. The molecule has 0 aliphatic rings. The highest BCUT2D eigenvalue weighted by Gasteiger charge is 2.14. The zero-order valence-electron chi connectivity index (χ0n) is 13.7. The van der Waals surface area contributed by atoms with Crippen LogP contribution >= 0.6 is 11.3 Å². The highest BCUT2D eigenvalue weighted by Crippen LogP contribution is 2.37. The molecule has 1 aromatic carbocycles. The Morgan fingerprint density at radius 3 is 2.83 bits per heavy atom.